The maximum Gasteiger partial charge on any atom is 0.258 e. The first-order chi connectivity index (χ1) is 13.8. The fraction of sp³-hybridized carbons (Fsp3) is 0.238. The summed E-state index contributed by atoms with van der Waals surface area (Å²) in [5.41, 5.74) is 2.12. The van der Waals surface area contributed by atoms with E-state index >= 15 is 0 Å². The van der Waals surface area contributed by atoms with Crippen molar-refractivity contribution in [3.63, 3.8) is 0 Å². The van der Waals surface area contributed by atoms with Gasteiger partial charge in [-0.3, -0.25) is 10.1 Å². The predicted octanol–water partition coefficient (Wildman–Crippen LogP) is 5.13. The quantitative estimate of drug-likeness (QED) is 0.543. The zero-order valence-corrected chi connectivity index (χ0v) is 18.5. The van der Waals surface area contributed by atoms with Crippen LogP contribution in [0.5, 0.6) is 0 Å². The molecule has 0 aliphatic rings. The van der Waals surface area contributed by atoms with Crippen LogP contribution < -0.4 is 5.32 Å². The second-order valence-electron chi connectivity index (χ2n) is 6.63. The number of hydrogen-bond acceptors (Lipinski definition) is 5. The van der Waals surface area contributed by atoms with Crippen molar-refractivity contribution < 1.29 is 13.2 Å². The Balaban J connectivity index is 1.79. The first kappa shape index (κ1) is 21.5. The number of nitrogens with one attached hydrogen (secondary N) is 1. The van der Waals surface area contributed by atoms with Gasteiger partial charge in [0.05, 0.1) is 16.2 Å². The number of thiazole rings is 1. The average Bonchev–Trinajstić information content (AvgIpc) is 3.12. The molecule has 5 nitrogen and oxygen atoms in total. The van der Waals surface area contributed by atoms with Crippen molar-refractivity contribution in [2.45, 2.75) is 31.6 Å². The lowest BCUT2D eigenvalue weighted by atomic mass is 10.1. The average molecular weight is 449 g/mol. The molecule has 3 aromatic rings. The van der Waals surface area contributed by atoms with Crippen molar-refractivity contribution >= 4 is 43.8 Å². The van der Waals surface area contributed by atoms with Gasteiger partial charge in [0.15, 0.2) is 15.0 Å². The van der Waals surface area contributed by atoms with E-state index in [1.165, 1.54) is 23.5 Å². The Morgan fingerprint density at radius 3 is 2.69 bits per heavy atom. The molecule has 0 saturated heterocycles. The largest absolute Gasteiger partial charge is 0.298 e. The summed E-state index contributed by atoms with van der Waals surface area (Å²) in [5, 5.41) is 3.85. The summed E-state index contributed by atoms with van der Waals surface area (Å²) in [5.74, 6) is -0.495. The highest BCUT2D eigenvalue weighted by molar-refractivity contribution is 7.91. The minimum absolute atomic E-state index is 0.00402. The third kappa shape index (κ3) is 5.04. The van der Waals surface area contributed by atoms with Crippen molar-refractivity contribution in [2.75, 3.05) is 11.1 Å². The molecule has 0 atom stereocenters. The first-order valence-electron chi connectivity index (χ1n) is 9.13. The number of aryl methyl sites for hydroxylation is 1. The van der Waals surface area contributed by atoms with E-state index in [1.54, 1.807) is 25.3 Å². The molecule has 1 heterocycles. The number of anilines is 1. The molecule has 29 heavy (non-hydrogen) atoms. The van der Waals surface area contributed by atoms with E-state index in [1.807, 2.05) is 25.1 Å². The number of rotatable bonds is 7. The van der Waals surface area contributed by atoms with E-state index in [0.717, 1.165) is 21.0 Å². The van der Waals surface area contributed by atoms with Crippen LogP contribution in [-0.4, -0.2) is 25.1 Å². The fourth-order valence-electron chi connectivity index (χ4n) is 2.95. The molecule has 0 saturated carbocycles. The number of benzene rings is 2. The standard InChI is InChI=1S/C21H21ClN2O3S2/c1-3-11-29(26,27)18-10-5-4-9-17(18)20(25)24-21-23-13-16(28-21)12-15-8-6-7-14(2)19(15)22/h4-10,13H,3,11-12H2,1-2H3,(H,23,24,25). The van der Waals surface area contributed by atoms with Crippen molar-refractivity contribution in [3.8, 4) is 0 Å². The number of nitrogens with zero attached hydrogens (tertiary/aromatic N) is 1. The van der Waals surface area contributed by atoms with Gasteiger partial charge < -0.3 is 0 Å². The Kier molecular flexibility index (Phi) is 6.72. The topological polar surface area (TPSA) is 76.1 Å². The van der Waals surface area contributed by atoms with Crippen LogP contribution in [0.15, 0.2) is 53.6 Å². The number of carbonyl (C=O) groups is 1. The number of halogens is 1. The smallest absolute Gasteiger partial charge is 0.258 e. The zero-order chi connectivity index (χ0) is 21.0. The van der Waals surface area contributed by atoms with Crippen LogP contribution in [0, 0.1) is 6.92 Å². The molecule has 0 fully saturated rings. The highest BCUT2D eigenvalue weighted by Gasteiger charge is 2.22. The van der Waals surface area contributed by atoms with Crippen molar-refractivity contribution in [1.82, 2.24) is 4.98 Å². The molecule has 152 valence electrons. The van der Waals surface area contributed by atoms with Gasteiger partial charge in [0.2, 0.25) is 0 Å². The van der Waals surface area contributed by atoms with Crippen LogP contribution in [0.4, 0.5) is 5.13 Å². The highest BCUT2D eigenvalue weighted by atomic mass is 35.5. The number of sulfone groups is 1. The third-order valence-electron chi connectivity index (χ3n) is 4.35. The van der Waals surface area contributed by atoms with Crippen LogP contribution in [-0.2, 0) is 16.3 Å². The molecule has 8 heteroatoms. The molecule has 1 amide bonds. The Morgan fingerprint density at radius 1 is 1.17 bits per heavy atom. The molecule has 3 rings (SSSR count). The van der Waals surface area contributed by atoms with Gasteiger partial charge in [0, 0.05) is 22.5 Å². The summed E-state index contributed by atoms with van der Waals surface area (Å²) in [6, 6.07) is 12.1. The lowest BCUT2D eigenvalue weighted by molar-refractivity contribution is 0.102. The molecule has 2 aromatic carbocycles. The first-order valence-corrected chi connectivity index (χ1v) is 12.0. The van der Waals surface area contributed by atoms with Crippen LogP contribution >= 0.6 is 22.9 Å². The van der Waals surface area contributed by atoms with Gasteiger partial charge in [-0.15, -0.1) is 11.3 Å². The fourth-order valence-corrected chi connectivity index (χ4v) is 5.51. The highest BCUT2D eigenvalue weighted by Crippen LogP contribution is 2.27. The number of carbonyl (C=O) groups excluding carboxylic acids is 1. The predicted molar refractivity (Wildman–Crippen MR) is 118 cm³/mol. The van der Waals surface area contributed by atoms with Gasteiger partial charge in [-0.25, -0.2) is 13.4 Å². The molecule has 0 radical (unpaired) electrons. The van der Waals surface area contributed by atoms with Gasteiger partial charge >= 0.3 is 0 Å². The molecule has 1 N–H and O–H groups in total. The number of hydrogen-bond donors (Lipinski definition) is 1. The Labute approximate surface area is 179 Å². The van der Waals surface area contributed by atoms with Crippen LogP contribution in [0.2, 0.25) is 5.02 Å². The second kappa shape index (κ2) is 9.07. The minimum Gasteiger partial charge on any atom is -0.298 e. The van der Waals surface area contributed by atoms with E-state index in [9.17, 15) is 13.2 Å². The van der Waals surface area contributed by atoms with Gasteiger partial charge in [-0.2, -0.15) is 0 Å². The summed E-state index contributed by atoms with van der Waals surface area (Å²) in [6.07, 6.45) is 2.78. The summed E-state index contributed by atoms with van der Waals surface area (Å²) < 4.78 is 24.9. The van der Waals surface area contributed by atoms with Crippen molar-refractivity contribution in [2.24, 2.45) is 0 Å². The summed E-state index contributed by atoms with van der Waals surface area (Å²) >= 11 is 7.70. The minimum atomic E-state index is -3.52. The lowest BCUT2D eigenvalue weighted by Gasteiger charge is -2.09. The molecular weight excluding hydrogens is 428 g/mol. The molecular formula is C21H21ClN2O3S2. The van der Waals surface area contributed by atoms with Crippen LogP contribution in [0.25, 0.3) is 0 Å². The Morgan fingerprint density at radius 2 is 1.93 bits per heavy atom. The summed E-state index contributed by atoms with van der Waals surface area (Å²) in [7, 11) is -3.52. The number of amides is 1. The Hall–Kier alpha value is -2.22. The van der Waals surface area contributed by atoms with Gasteiger partial charge in [0.25, 0.3) is 5.91 Å². The van der Waals surface area contributed by atoms with Crippen LogP contribution in [0.3, 0.4) is 0 Å². The van der Waals surface area contributed by atoms with E-state index < -0.39 is 15.7 Å². The van der Waals surface area contributed by atoms with E-state index in [2.05, 4.69) is 10.3 Å². The second-order valence-corrected chi connectivity index (χ2v) is 10.2. The Bertz CT molecular complexity index is 1140. The normalized spacial score (nSPS) is 11.4. The van der Waals surface area contributed by atoms with Gasteiger partial charge in [0.1, 0.15) is 0 Å². The molecule has 0 spiro atoms. The van der Waals surface area contributed by atoms with Gasteiger partial charge in [-0.1, -0.05) is 48.9 Å². The van der Waals surface area contributed by atoms with E-state index in [-0.39, 0.29) is 16.2 Å². The van der Waals surface area contributed by atoms with E-state index in [4.69, 9.17) is 11.6 Å². The maximum atomic E-state index is 12.7. The van der Waals surface area contributed by atoms with E-state index in [0.29, 0.717) is 18.0 Å². The monoisotopic (exact) mass is 448 g/mol. The maximum absolute atomic E-state index is 12.7. The molecule has 1 aromatic heterocycles. The zero-order valence-electron chi connectivity index (χ0n) is 16.1. The molecule has 0 unspecified atom stereocenters. The number of aromatic nitrogens is 1. The van der Waals surface area contributed by atoms with Crippen molar-refractivity contribution in [1.29, 1.82) is 0 Å². The van der Waals surface area contributed by atoms with Crippen molar-refractivity contribution in [3.05, 3.63) is 75.3 Å². The summed E-state index contributed by atoms with van der Waals surface area (Å²) in [4.78, 5) is 18.0. The molecule has 0 bridgehead atoms. The SMILES string of the molecule is CCCS(=O)(=O)c1ccccc1C(=O)Nc1ncc(Cc2cccc(C)c2Cl)s1. The molecule has 0 aliphatic carbocycles. The molecule has 0 aliphatic heterocycles. The van der Waals surface area contributed by atoms with Gasteiger partial charge in [-0.05, 0) is 36.6 Å². The summed E-state index contributed by atoms with van der Waals surface area (Å²) in [6.45, 7) is 3.74. The third-order valence-corrected chi connectivity index (χ3v) is 7.78. The lowest BCUT2D eigenvalue weighted by Crippen LogP contribution is -2.17. The van der Waals surface area contributed by atoms with Crippen LogP contribution in [0.1, 0.15) is 39.7 Å².